The summed E-state index contributed by atoms with van der Waals surface area (Å²) in [5, 5.41) is 9.48. The maximum absolute atomic E-state index is 14.7. The van der Waals surface area contributed by atoms with Crippen molar-refractivity contribution in [2.75, 3.05) is 13.2 Å². The fourth-order valence-electron chi connectivity index (χ4n) is 4.17. The van der Waals surface area contributed by atoms with E-state index in [1.165, 1.54) is 4.90 Å². The van der Waals surface area contributed by atoms with Crippen molar-refractivity contribution in [2.24, 2.45) is 11.1 Å². The summed E-state index contributed by atoms with van der Waals surface area (Å²) in [6.45, 7) is 5.25. The maximum atomic E-state index is 14.7. The van der Waals surface area contributed by atoms with Crippen LogP contribution in [0.1, 0.15) is 44.6 Å². The second-order valence-electron chi connectivity index (χ2n) is 9.80. The number of carbonyl (C=O) groups is 1. The van der Waals surface area contributed by atoms with Crippen LogP contribution >= 0.6 is 0 Å². The van der Waals surface area contributed by atoms with Gasteiger partial charge in [0.25, 0.3) is 0 Å². The summed E-state index contributed by atoms with van der Waals surface area (Å²) in [5.74, 6) is -0.861. The topological polar surface area (TPSA) is 96.4 Å². The van der Waals surface area contributed by atoms with E-state index in [4.69, 9.17) is 5.73 Å². The number of carbonyl (C=O) groups excluding carboxylic acids is 1. The molecule has 1 aromatic heterocycles. The molecular weight excluding hydrogens is 471 g/mol. The molecule has 194 valence electrons. The molecule has 0 radical (unpaired) electrons. The third-order valence-electron chi connectivity index (χ3n) is 5.88. The third kappa shape index (κ3) is 6.44. The monoisotopic (exact) mass is 503 g/mol. The second kappa shape index (κ2) is 11.6. The van der Waals surface area contributed by atoms with Gasteiger partial charge in [-0.1, -0.05) is 51.1 Å². The largest absolute Gasteiger partial charge is 0.341 e. The average molecular weight is 504 g/mol. The predicted molar refractivity (Wildman–Crippen MR) is 131 cm³/mol. The lowest BCUT2D eigenvalue weighted by molar-refractivity contribution is 0.0745. The van der Waals surface area contributed by atoms with E-state index in [1.54, 1.807) is 16.2 Å². The Morgan fingerprint density at radius 1 is 1.19 bits per heavy atom. The van der Waals surface area contributed by atoms with Crippen molar-refractivity contribution >= 4 is 6.03 Å². The first kappa shape index (κ1) is 27.2. The Balaban J connectivity index is 2.18. The Bertz CT molecular complexity index is 1160. The van der Waals surface area contributed by atoms with Crippen LogP contribution in [-0.2, 0) is 6.54 Å². The van der Waals surface area contributed by atoms with Gasteiger partial charge in [-0.15, -0.1) is 0 Å². The number of nitrogens with zero attached hydrogens (tertiary/aromatic N) is 3. The number of hydroxylamine groups is 1. The third-order valence-corrected chi connectivity index (χ3v) is 5.88. The van der Waals surface area contributed by atoms with Crippen molar-refractivity contribution in [2.45, 2.75) is 45.8 Å². The van der Waals surface area contributed by atoms with E-state index in [2.05, 4.69) is 4.98 Å². The Hall–Kier alpha value is -3.37. The molecule has 0 unspecified atom stereocenters. The summed E-state index contributed by atoms with van der Waals surface area (Å²) in [6.07, 6.45) is 1.75. The van der Waals surface area contributed by atoms with Gasteiger partial charge in [0.2, 0.25) is 0 Å². The minimum absolute atomic E-state index is 0.0201. The molecule has 7 nitrogen and oxygen atoms in total. The zero-order chi connectivity index (χ0) is 26.5. The lowest BCUT2D eigenvalue weighted by Crippen LogP contribution is -2.48. The van der Waals surface area contributed by atoms with Crippen molar-refractivity contribution in [1.29, 1.82) is 0 Å². The van der Waals surface area contributed by atoms with E-state index in [9.17, 15) is 23.2 Å². The summed E-state index contributed by atoms with van der Waals surface area (Å²) < 4.78 is 43.5. The number of nitrogens with one attached hydrogen (secondary N) is 1. The van der Waals surface area contributed by atoms with Crippen LogP contribution in [0.3, 0.4) is 0 Å². The second-order valence-corrected chi connectivity index (χ2v) is 9.80. The summed E-state index contributed by atoms with van der Waals surface area (Å²) >= 11 is 0. The van der Waals surface area contributed by atoms with Crippen LogP contribution in [0.2, 0.25) is 0 Å². The minimum Gasteiger partial charge on any atom is -0.328 e. The van der Waals surface area contributed by atoms with E-state index in [0.717, 1.165) is 23.8 Å². The van der Waals surface area contributed by atoms with Gasteiger partial charge in [-0.05, 0) is 35.6 Å². The highest BCUT2D eigenvalue weighted by atomic mass is 19.1. The highest BCUT2D eigenvalue weighted by molar-refractivity contribution is 5.73. The lowest BCUT2D eigenvalue weighted by Gasteiger charge is -2.39. The summed E-state index contributed by atoms with van der Waals surface area (Å²) in [4.78, 5) is 18.8. The van der Waals surface area contributed by atoms with Crippen LogP contribution in [0.25, 0.3) is 11.3 Å². The molecule has 4 N–H and O–H groups in total. The number of nitrogens with two attached hydrogens (primary N) is 1. The minimum atomic E-state index is -0.811. The Kier molecular flexibility index (Phi) is 8.75. The van der Waals surface area contributed by atoms with Gasteiger partial charge in [0.05, 0.1) is 11.7 Å². The smallest absolute Gasteiger partial charge is 0.328 e. The Morgan fingerprint density at radius 2 is 1.89 bits per heavy atom. The average Bonchev–Trinajstić information content (AvgIpc) is 3.24. The number of amides is 2. The molecule has 0 fully saturated rings. The van der Waals surface area contributed by atoms with Gasteiger partial charge >= 0.3 is 6.03 Å². The van der Waals surface area contributed by atoms with Gasteiger partial charge < -0.3 is 15.2 Å². The molecule has 2 amide bonds. The molecule has 2 atom stereocenters. The van der Waals surface area contributed by atoms with Crippen LogP contribution < -0.4 is 11.2 Å². The first-order valence-electron chi connectivity index (χ1n) is 11.6. The fraction of sp³-hybridized carbons (Fsp3) is 0.385. The number of benzene rings is 2. The number of halogens is 3. The number of rotatable bonds is 9. The number of hydrogen-bond donors (Lipinski definition) is 3. The van der Waals surface area contributed by atoms with Crippen LogP contribution in [0.4, 0.5) is 18.0 Å². The maximum Gasteiger partial charge on any atom is 0.341 e. The van der Waals surface area contributed by atoms with Crippen molar-refractivity contribution < 1.29 is 23.2 Å². The van der Waals surface area contributed by atoms with Crippen LogP contribution in [0.5, 0.6) is 0 Å². The molecule has 3 rings (SSSR count). The molecule has 0 aliphatic rings. The van der Waals surface area contributed by atoms with E-state index in [-0.39, 0.29) is 24.2 Å². The molecule has 0 spiro atoms. The number of urea groups is 1. The van der Waals surface area contributed by atoms with Gasteiger partial charge in [-0.2, -0.15) is 0 Å². The highest BCUT2D eigenvalue weighted by Gasteiger charge is 2.38. The zero-order valence-corrected chi connectivity index (χ0v) is 20.6. The molecule has 0 aliphatic heterocycles. The van der Waals surface area contributed by atoms with Gasteiger partial charge in [0, 0.05) is 30.9 Å². The van der Waals surface area contributed by atoms with E-state index in [0.29, 0.717) is 12.4 Å². The standard InChI is InChI=1S/C26H32F3N5O2/c1-26(2,3)23(34(25(35)32-36)12-11-19(30)14-27)24-31-22(20-13-18(28)9-10-21(20)29)16-33(24)15-17-7-5-4-6-8-17/h4-10,13,16,19,23,36H,11-12,14-15,30H2,1-3H3,(H,32,35)/t19-,23+/m1/s1. The molecular formula is C26H32F3N5O2. The van der Waals surface area contributed by atoms with Crippen LogP contribution in [0.15, 0.2) is 54.7 Å². The van der Waals surface area contributed by atoms with Gasteiger partial charge in [0.15, 0.2) is 0 Å². The summed E-state index contributed by atoms with van der Waals surface area (Å²) in [5.41, 5.74) is 7.88. The SMILES string of the molecule is CC(C)(C)[C@H](c1nc(-c2cc(F)ccc2F)cn1Cc1ccccc1)N(CC[C@@H](N)CF)C(=O)NO. The molecule has 36 heavy (non-hydrogen) atoms. The van der Waals surface area contributed by atoms with Crippen molar-refractivity contribution in [3.05, 3.63) is 77.8 Å². The molecule has 1 heterocycles. The molecule has 0 bridgehead atoms. The van der Waals surface area contributed by atoms with Gasteiger partial charge in [-0.3, -0.25) is 5.21 Å². The van der Waals surface area contributed by atoms with Crippen LogP contribution in [-0.4, -0.2) is 45.0 Å². The Morgan fingerprint density at radius 3 is 2.50 bits per heavy atom. The highest BCUT2D eigenvalue weighted by Crippen LogP contribution is 2.39. The molecule has 0 saturated heterocycles. The quantitative estimate of drug-likeness (QED) is 0.281. The van der Waals surface area contributed by atoms with Crippen molar-refractivity contribution in [3.63, 3.8) is 0 Å². The zero-order valence-electron chi connectivity index (χ0n) is 20.6. The number of aromatic nitrogens is 2. The summed E-state index contributed by atoms with van der Waals surface area (Å²) in [7, 11) is 0. The van der Waals surface area contributed by atoms with Crippen molar-refractivity contribution in [1.82, 2.24) is 19.9 Å². The van der Waals surface area contributed by atoms with E-state index < -0.39 is 41.8 Å². The normalized spacial score (nSPS) is 13.3. The van der Waals surface area contributed by atoms with Crippen molar-refractivity contribution in [3.8, 4) is 11.3 Å². The lowest BCUT2D eigenvalue weighted by atomic mass is 9.84. The van der Waals surface area contributed by atoms with Gasteiger partial charge in [-0.25, -0.2) is 28.4 Å². The molecule has 3 aromatic rings. The Labute approximate surface area is 208 Å². The first-order valence-corrected chi connectivity index (χ1v) is 11.6. The first-order chi connectivity index (χ1) is 17.0. The number of hydrogen-bond acceptors (Lipinski definition) is 4. The number of alkyl halides is 1. The fourth-order valence-corrected chi connectivity index (χ4v) is 4.17. The van der Waals surface area contributed by atoms with E-state index in [1.807, 2.05) is 51.1 Å². The van der Waals surface area contributed by atoms with Crippen LogP contribution in [0, 0.1) is 17.0 Å². The molecule has 2 aromatic carbocycles. The predicted octanol–water partition coefficient (Wildman–Crippen LogP) is 5.05. The van der Waals surface area contributed by atoms with E-state index >= 15 is 0 Å². The molecule has 0 aliphatic carbocycles. The molecule has 10 heteroatoms. The molecule has 0 saturated carbocycles. The van der Waals surface area contributed by atoms with Gasteiger partial charge in [0.1, 0.15) is 24.1 Å². The number of imidazole rings is 1. The summed E-state index contributed by atoms with van der Waals surface area (Å²) in [6, 6.07) is 10.2.